The van der Waals surface area contributed by atoms with Gasteiger partial charge in [0.1, 0.15) is 5.69 Å². The first-order chi connectivity index (χ1) is 19.1. The third-order valence-corrected chi connectivity index (χ3v) is 6.93. The van der Waals surface area contributed by atoms with Crippen LogP contribution in [0.1, 0.15) is 5.56 Å². The van der Waals surface area contributed by atoms with Gasteiger partial charge in [-0.3, -0.25) is 4.79 Å². The lowest BCUT2D eigenvalue weighted by Gasteiger charge is -2.12. The molecule has 0 aliphatic heterocycles. The van der Waals surface area contributed by atoms with Crippen LogP contribution in [0, 0.1) is 0 Å². The normalized spacial score (nSPS) is 11.1. The number of nitrogens with zero attached hydrogens (tertiary/aromatic N) is 3. The van der Waals surface area contributed by atoms with Crippen molar-refractivity contribution < 1.29 is 23.9 Å². The third-order valence-electron chi connectivity index (χ3n) is 5.99. The second-order valence-corrected chi connectivity index (χ2v) is 9.32. The van der Waals surface area contributed by atoms with Gasteiger partial charge in [0.05, 0.1) is 36.8 Å². The molecule has 0 saturated heterocycles. The van der Waals surface area contributed by atoms with E-state index in [9.17, 15) is 9.90 Å². The van der Waals surface area contributed by atoms with Crippen molar-refractivity contribution in [3.05, 3.63) is 90.5 Å². The van der Waals surface area contributed by atoms with Gasteiger partial charge in [-0.1, -0.05) is 60.3 Å². The second kappa shape index (κ2) is 11.7. The summed E-state index contributed by atoms with van der Waals surface area (Å²) in [6, 6.07) is 26.1. The van der Waals surface area contributed by atoms with E-state index in [1.54, 1.807) is 20.3 Å². The summed E-state index contributed by atoms with van der Waals surface area (Å²) >= 11 is 1.25. The lowest BCUT2D eigenvalue weighted by atomic mass is 10.0. The standard InChI is InChI=1S/C29H25N5O4S/c1-37-25-15-13-20(16-26(25)38-2)28-32-33-29(34(28)21-9-4-3-5-10-21)39-18-27(36)31-30-17-23-22-11-7-6-8-19(22)12-14-24(23)35/h3-17H,18H2,1-2H3,(H2,30,31,35,36). The molecule has 2 N–H and O–H groups in total. The monoisotopic (exact) mass is 539 g/mol. The van der Waals surface area contributed by atoms with Crippen LogP contribution < -0.4 is 24.6 Å². The van der Waals surface area contributed by atoms with E-state index in [-0.39, 0.29) is 17.4 Å². The number of carbonyl (C=O) groups is 1. The molecule has 39 heavy (non-hydrogen) atoms. The highest BCUT2D eigenvalue weighted by Crippen LogP contribution is 2.31. The summed E-state index contributed by atoms with van der Waals surface area (Å²) in [5, 5.41) is 26.2. The van der Waals surface area contributed by atoms with Gasteiger partial charge < -0.3 is 14.6 Å². The fourth-order valence-corrected chi connectivity index (χ4v) is 4.89. The van der Waals surface area contributed by atoms with E-state index in [0.29, 0.717) is 28.0 Å². The molecule has 0 bridgehead atoms. The van der Waals surface area contributed by atoms with Gasteiger partial charge in [-0.05, 0) is 58.4 Å². The maximum absolute atomic E-state index is 12.6. The number of H-pyrrole nitrogens is 1. The minimum absolute atomic E-state index is 0.0557. The molecule has 1 amide bonds. The summed E-state index contributed by atoms with van der Waals surface area (Å²) in [6.07, 6.45) is 1.39. The van der Waals surface area contributed by atoms with E-state index in [1.165, 1.54) is 24.0 Å². The third kappa shape index (κ3) is 5.55. The van der Waals surface area contributed by atoms with E-state index in [2.05, 4.69) is 20.7 Å². The van der Waals surface area contributed by atoms with Crippen LogP contribution in [0.15, 0.2) is 95.2 Å². The smallest absolute Gasteiger partial charge is 0.342 e. The summed E-state index contributed by atoms with van der Waals surface area (Å²) in [5.74, 6) is 1.47. The number of hydrogen-bond donors (Lipinski definition) is 2. The Bertz CT molecular complexity index is 1650. The Hall–Kier alpha value is -4.83. The van der Waals surface area contributed by atoms with Gasteiger partial charge in [0.2, 0.25) is 0 Å². The Balaban J connectivity index is 1.35. The molecule has 1 aromatic heterocycles. The summed E-state index contributed by atoms with van der Waals surface area (Å²) in [7, 11) is 3.17. The van der Waals surface area contributed by atoms with Crippen LogP contribution in [0.3, 0.4) is 0 Å². The Morgan fingerprint density at radius 2 is 1.79 bits per heavy atom. The van der Waals surface area contributed by atoms with Crippen LogP contribution in [0.25, 0.3) is 27.8 Å². The highest BCUT2D eigenvalue weighted by atomic mass is 32.2. The first kappa shape index (κ1) is 25.8. The molecular formula is C29H25N5O4S. The molecule has 9 nitrogen and oxygen atoms in total. The van der Waals surface area contributed by atoms with E-state index in [1.807, 2.05) is 77.4 Å². The number of thioether (sulfide) groups is 1. The molecule has 0 radical (unpaired) electrons. The van der Waals surface area contributed by atoms with Crippen LogP contribution in [-0.4, -0.2) is 42.3 Å². The molecule has 0 spiro atoms. The predicted molar refractivity (Wildman–Crippen MR) is 149 cm³/mol. The quantitative estimate of drug-likeness (QED) is 0.127. The molecule has 0 saturated carbocycles. The zero-order valence-corrected chi connectivity index (χ0v) is 22.1. The number of hydrogen-bond acceptors (Lipinski definition) is 7. The van der Waals surface area contributed by atoms with Crippen molar-refractivity contribution in [2.24, 2.45) is 5.10 Å². The van der Waals surface area contributed by atoms with Crippen LogP contribution in [0.2, 0.25) is 0 Å². The Morgan fingerprint density at radius 3 is 2.59 bits per heavy atom. The lowest BCUT2D eigenvalue weighted by Crippen LogP contribution is -2.34. The number of methoxy groups -OCH3 is 2. The number of benzene rings is 4. The van der Waals surface area contributed by atoms with Crippen molar-refractivity contribution in [2.45, 2.75) is 5.16 Å². The molecule has 5 aromatic rings. The second-order valence-electron chi connectivity index (χ2n) is 8.38. The van der Waals surface area contributed by atoms with Gasteiger partial charge in [-0.25, -0.2) is 5.43 Å². The topological polar surface area (TPSA) is 116 Å². The average Bonchev–Trinajstić information content (AvgIpc) is 3.41. The van der Waals surface area contributed by atoms with Crippen LogP contribution in [0.4, 0.5) is 0 Å². The van der Waals surface area contributed by atoms with Crippen LogP contribution in [0.5, 0.6) is 17.2 Å². The van der Waals surface area contributed by atoms with Gasteiger partial charge in [0.25, 0.3) is 11.7 Å². The number of fused-ring (bicyclic) bond motifs is 1. The SMILES string of the molecule is COc1ccc(-c2[nH]nc(SCC(=O)N/N=C\c3c([O-])ccc4ccccc34)[n+]2-c2ccccc2)cc1OC. The number of rotatable bonds is 9. The Morgan fingerprint density at radius 1 is 1.03 bits per heavy atom. The largest absolute Gasteiger partial charge is 0.872 e. The fraction of sp³-hybridized carbons (Fsp3) is 0.103. The molecule has 0 atom stereocenters. The fourth-order valence-electron chi connectivity index (χ4n) is 4.13. The Labute approximate surface area is 229 Å². The van der Waals surface area contributed by atoms with Crippen molar-refractivity contribution >= 4 is 34.7 Å². The van der Waals surface area contributed by atoms with E-state index >= 15 is 0 Å². The first-order valence-electron chi connectivity index (χ1n) is 12.0. The Kier molecular flexibility index (Phi) is 7.74. The summed E-state index contributed by atoms with van der Waals surface area (Å²) in [4.78, 5) is 12.6. The lowest BCUT2D eigenvalue weighted by molar-refractivity contribution is -0.625. The molecule has 1 heterocycles. The van der Waals surface area contributed by atoms with E-state index in [4.69, 9.17) is 9.47 Å². The first-order valence-corrected chi connectivity index (χ1v) is 13.0. The number of amides is 1. The predicted octanol–water partition coefficient (Wildman–Crippen LogP) is 3.84. The highest BCUT2D eigenvalue weighted by molar-refractivity contribution is 7.99. The zero-order valence-electron chi connectivity index (χ0n) is 21.3. The molecule has 196 valence electrons. The molecule has 4 aromatic carbocycles. The van der Waals surface area contributed by atoms with Crippen molar-refractivity contribution in [3.8, 4) is 34.3 Å². The highest BCUT2D eigenvalue weighted by Gasteiger charge is 2.25. The number of ether oxygens (including phenoxy) is 2. The molecule has 0 unspecified atom stereocenters. The van der Waals surface area contributed by atoms with Gasteiger partial charge in [0, 0.05) is 0 Å². The van der Waals surface area contributed by atoms with Crippen molar-refractivity contribution in [2.75, 3.05) is 20.0 Å². The molecular weight excluding hydrogens is 514 g/mol. The van der Waals surface area contributed by atoms with Crippen molar-refractivity contribution in [3.63, 3.8) is 0 Å². The number of aromatic nitrogens is 3. The number of aromatic amines is 1. The molecule has 10 heteroatoms. The number of carbonyl (C=O) groups excluding carboxylic acids is 1. The molecule has 0 aliphatic carbocycles. The van der Waals surface area contributed by atoms with Crippen molar-refractivity contribution in [1.29, 1.82) is 0 Å². The zero-order chi connectivity index (χ0) is 27.2. The van der Waals surface area contributed by atoms with Gasteiger partial charge in [-0.15, -0.1) is 5.10 Å². The van der Waals surface area contributed by atoms with Crippen LogP contribution in [-0.2, 0) is 4.79 Å². The summed E-state index contributed by atoms with van der Waals surface area (Å²) in [6.45, 7) is 0. The average molecular weight is 540 g/mol. The minimum atomic E-state index is -0.334. The van der Waals surface area contributed by atoms with E-state index in [0.717, 1.165) is 22.0 Å². The van der Waals surface area contributed by atoms with E-state index < -0.39 is 0 Å². The summed E-state index contributed by atoms with van der Waals surface area (Å²) < 4.78 is 12.8. The molecule has 5 rings (SSSR count). The number of nitrogens with one attached hydrogen (secondary N) is 2. The van der Waals surface area contributed by atoms with Crippen LogP contribution >= 0.6 is 11.8 Å². The number of hydrazone groups is 1. The maximum Gasteiger partial charge on any atom is 0.342 e. The molecule has 0 aliphatic rings. The maximum atomic E-state index is 12.6. The minimum Gasteiger partial charge on any atom is -0.872 e. The number of para-hydroxylation sites is 1. The van der Waals surface area contributed by atoms with Gasteiger partial charge in [-0.2, -0.15) is 9.67 Å². The summed E-state index contributed by atoms with van der Waals surface area (Å²) in [5.41, 5.74) is 4.64. The molecule has 0 fully saturated rings. The van der Waals surface area contributed by atoms with Crippen molar-refractivity contribution in [1.82, 2.24) is 15.6 Å². The van der Waals surface area contributed by atoms with Gasteiger partial charge in [0.15, 0.2) is 11.5 Å². The van der Waals surface area contributed by atoms with Gasteiger partial charge >= 0.3 is 5.16 Å².